The molecule has 0 bridgehead atoms. The Morgan fingerprint density at radius 3 is 2.76 bits per heavy atom. The SMILES string of the molecule is COCC(=O)Nc1cccc(NCc2c(C)noc2C)c1. The molecular weight excluding hydrogens is 270 g/mol. The highest BCUT2D eigenvalue weighted by atomic mass is 16.5. The van der Waals surface area contributed by atoms with Crippen LogP contribution in [0.2, 0.25) is 0 Å². The number of benzene rings is 1. The van der Waals surface area contributed by atoms with Crippen molar-refractivity contribution < 1.29 is 14.1 Å². The second kappa shape index (κ2) is 6.90. The first-order chi connectivity index (χ1) is 10.1. The molecule has 0 radical (unpaired) electrons. The maximum atomic E-state index is 11.5. The van der Waals surface area contributed by atoms with Gasteiger partial charge < -0.3 is 19.9 Å². The van der Waals surface area contributed by atoms with Crippen LogP contribution in [0.4, 0.5) is 11.4 Å². The van der Waals surface area contributed by atoms with Gasteiger partial charge in [0.05, 0.1) is 5.69 Å². The van der Waals surface area contributed by atoms with E-state index in [9.17, 15) is 4.79 Å². The third-order valence-corrected chi connectivity index (χ3v) is 3.07. The van der Waals surface area contributed by atoms with Crippen molar-refractivity contribution in [2.24, 2.45) is 0 Å². The zero-order chi connectivity index (χ0) is 15.2. The van der Waals surface area contributed by atoms with Gasteiger partial charge in [0.1, 0.15) is 12.4 Å². The Bertz CT molecular complexity index is 603. The van der Waals surface area contributed by atoms with E-state index in [1.807, 2.05) is 38.1 Å². The number of amides is 1. The number of methoxy groups -OCH3 is 1. The second-order valence-electron chi connectivity index (χ2n) is 4.72. The molecule has 1 heterocycles. The Balaban J connectivity index is 1.99. The molecule has 0 aliphatic carbocycles. The van der Waals surface area contributed by atoms with Crippen molar-refractivity contribution in [3.05, 3.63) is 41.3 Å². The Morgan fingerprint density at radius 1 is 1.33 bits per heavy atom. The zero-order valence-corrected chi connectivity index (χ0v) is 12.4. The number of anilines is 2. The first-order valence-corrected chi connectivity index (χ1v) is 6.64. The summed E-state index contributed by atoms with van der Waals surface area (Å²) in [6, 6.07) is 7.50. The summed E-state index contributed by atoms with van der Waals surface area (Å²) in [6.07, 6.45) is 0. The lowest BCUT2D eigenvalue weighted by molar-refractivity contribution is -0.119. The number of aromatic nitrogens is 1. The number of carbonyl (C=O) groups is 1. The van der Waals surface area contributed by atoms with Crippen LogP contribution >= 0.6 is 0 Å². The van der Waals surface area contributed by atoms with E-state index in [1.54, 1.807) is 0 Å². The number of hydrogen-bond acceptors (Lipinski definition) is 5. The minimum atomic E-state index is -0.180. The van der Waals surface area contributed by atoms with Crippen LogP contribution in [0.25, 0.3) is 0 Å². The fraction of sp³-hybridized carbons (Fsp3) is 0.333. The predicted molar refractivity (Wildman–Crippen MR) is 80.3 cm³/mol. The summed E-state index contributed by atoms with van der Waals surface area (Å²) in [5, 5.41) is 9.98. The molecule has 6 heteroatoms. The van der Waals surface area contributed by atoms with Crippen molar-refractivity contribution in [1.82, 2.24) is 5.16 Å². The summed E-state index contributed by atoms with van der Waals surface area (Å²) in [5.41, 5.74) is 3.56. The molecule has 1 amide bonds. The summed E-state index contributed by atoms with van der Waals surface area (Å²) in [5.74, 6) is 0.630. The Morgan fingerprint density at radius 2 is 2.10 bits per heavy atom. The van der Waals surface area contributed by atoms with Gasteiger partial charge in [-0.05, 0) is 32.0 Å². The maximum absolute atomic E-state index is 11.5. The van der Waals surface area contributed by atoms with Crippen LogP contribution in [0.15, 0.2) is 28.8 Å². The number of ether oxygens (including phenoxy) is 1. The number of rotatable bonds is 6. The topological polar surface area (TPSA) is 76.4 Å². The quantitative estimate of drug-likeness (QED) is 0.854. The van der Waals surface area contributed by atoms with Gasteiger partial charge in [0, 0.05) is 30.6 Å². The molecule has 2 N–H and O–H groups in total. The molecule has 21 heavy (non-hydrogen) atoms. The predicted octanol–water partition coefficient (Wildman–Crippen LogP) is 2.49. The monoisotopic (exact) mass is 289 g/mol. The molecule has 6 nitrogen and oxygen atoms in total. The van der Waals surface area contributed by atoms with E-state index in [-0.39, 0.29) is 12.5 Å². The first kappa shape index (κ1) is 15.1. The zero-order valence-electron chi connectivity index (χ0n) is 12.4. The molecule has 0 fully saturated rings. The molecular formula is C15H19N3O3. The molecule has 0 atom stereocenters. The van der Waals surface area contributed by atoms with Crippen molar-refractivity contribution in [2.75, 3.05) is 24.4 Å². The molecule has 2 aromatic rings. The lowest BCUT2D eigenvalue weighted by Gasteiger charge is -2.09. The van der Waals surface area contributed by atoms with E-state index in [4.69, 9.17) is 9.26 Å². The second-order valence-corrected chi connectivity index (χ2v) is 4.72. The summed E-state index contributed by atoms with van der Waals surface area (Å²) in [7, 11) is 1.49. The minimum Gasteiger partial charge on any atom is -0.381 e. The summed E-state index contributed by atoms with van der Waals surface area (Å²) < 4.78 is 9.91. The Hall–Kier alpha value is -2.34. The number of hydrogen-bond donors (Lipinski definition) is 2. The highest BCUT2D eigenvalue weighted by molar-refractivity contribution is 5.92. The highest BCUT2D eigenvalue weighted by Gasteiger charge is 2.08. The molecule has 0 saturated carbocycles. The highest BCUT2D eigenvalue weighted by Crippen LogP contribution is 2.18. The fourth-order valence-electron chi connectivity index (χ4n) is 1.98. The van der Waals surface area contributed by atoms with Gasteiger partial charge in [-0.3, -0.25) is 4.79 Å². The molecule has 0 aliphatic rings. The smallest absolute Gasteiger partial charge is 0.250 e. The van der Waals surface area contributed by atoms with Crippen molar-refractivity contribution in [3.63, 3.8) is 0 Å². The van der Waals surface area contributed by atoms with Crippen molar-refractivity contribution >= 4 is 17.3 Å². The molecule has 0 aliphatic heterocycles. The van der Waals surface area contributed by atoms with Crippen LogP contribution in [0, 0.1) is 13.8 Å². The Labute approximate surface area is 123 Å². The van der Waals surface area contributed by atoms with E-state index in [2.05, 4.69) is 15.8 Å². The van der Waals surface area contributed by atoms with Crippen LogP contribution in [-0.2, 0) is 16.1 Å². The van der Waals surface area contributed by atoms with E-state index in [0.717, 1.165) is 28.4 Å². The van der Waals surface area contributed by atoms with Crippen LogP contribution in [0.3, 0.4) is 0 Å². The van der Waals surface area contributed by atoms with Crippen molar-refractivity contribution in [3.8, 4) is 0 Å². The normalized spacial score (nSPS) is 10.4. The van der Waals surface area contributed by atoms with Crippen LogP contribution < -0.4 is 10.6 Å². The molecule has 0 unspecified atom stereocenters. The third kappa shape index (κ3) is 4.06. The summed E-state index contributed by atoms with van der Waals surface area (Å²) in [4.78, 5) is 11.5. The summed E-state index contributed by atoms with van der Waals surface area (Å²) >= 11 is 0. The lowest BCUT2D eigenvalue weighted by Crippen LogP contribution is -2.17. The average molecular weight is 289 g/mol. The Kier molecular flexibility index (Phi) is 4.94. The van der Waals surface area contributed by atoms with Gasteiger partial charge in [0.25, 0.3) is 0 Å². The standard InChI is InChI=1S/C15H19N3O3/c1-10-14(11(2)21-18-10)8-16-12-5-4-6-13(7-12)17-15(19)9-20-3/h4-7,16H,8-9H2,1-3H3,(H,17,19). The summed E-state index contributed by atoms with van der Waals surface area (Å²) in [6.45, 7) is 4.46. The van der Waals surface area contributed by atoms with Crippen LogP contribution in [-0.4, -0.2) is 24.8 Å². The van der Waals surface area contributed by atoms with E-state index in [1.165, 1.54) is 7.11 Å². The van der Waals surface area contributed by atoms with E-state index < -0.39 is 0 Å². The molecule has 2 rings (SSSR count). The molecule has 1 aromatic carbocycles. The molecule has 1 aromatic heterocycles. The number of nitrogens with zero attached hydrogens (tertiary/aromatic N) is 1. The molecule has 112 valence electrons. The van der Waals surface area contributed by atoms with E-state index in [0.29, 0.717) is 6.54 Å². The van der Waals surface area contributed by atoms with E-state index >= 15 is 0 Å². The number of nitrogens with one attached hydrogen (secondary N) is 2. The van der Waals surface area contributed by atoms with Crippen molar-refractivity contribution in [2.45, 2.75) is 20.4 Å². The van der Waals surface area contributed by atoms with Gasteiger partial charge >= 0.3 is 0 Å². The fourth-order valence-corrected chi connectivity index (χ4v) is 1.98. The lowest BCUT2D eigenvalue weighted by atomic mass is 10.2. The van der Waals surface area contributed by atoms with Gasteiger partial charge in [-0.15, -0.1) is 0 Å². The van der Waals surface area contributed by atoms with Gasteiger partial charge in [-0.25, -0.2) is 0 Å². The number of carbonyl (C=O) groups excluding carboxylic acids is 1. The van der Waals surface area contributed by atoms with Crippen molar-refractivity contribution in [1.29, 1.82) is 0 Å². The third-order valence-electron chi connectivity index (χ3n) is 3.07. The number of aryl methyl sites for hydroxylation is 2. The van der Waals surface area contributed by atoms with Crippen LogP contribution in [0.1, 0.15) is 17.0 Å². The van der Waals surface area contributed by atoms with Gasteiger partial charge in [-0.1, -0.05) is 11.2 Å². The molecule has 0 saturated heterocycles. The first-order valence-electron chi connectivity index (χ1n) is 6.64. The van der Waals surface area contributed by atoms with Gasteiger partial charge in [0.2, 0.25) is 5.91 Å². The van der Waals surface area contributed by atoms with Gasteiger partial charge in [-0.2, -0.15) is 0 Å². The maximum Gasteiger partial charge on any atom is 0.250 e. The largest absolute Gasteiger partial charge is 0.381 e. The van der Waals surface area contributed by atoms with Gasteiger partial charge in [0.15, 0.2) is 0 Å². The molecule has 0 spiro atoms. The van der Waals surface area contributed by atoms with Crippen LogP contribution in [0.5, 0.6) is 0 Å². The minimum absolute atomic E-state index is 0.0384. The average Bonchev–Trinajstić information content (AvgIpc) is 2.76.